The third kappa shape index (κ3) is 3.16. The Hall–Kier alpha value is -0.670. The lowest BCUT2D eigenvalue weighted by molar-refractivity contribution is 0.299. The van der Waals surface area contributed by atoms with Gasteiger partial charge in [0.15, 0.2) is 0 Å². The summed E-state index contributed by atoms with van der Waals surface area (Å²) in [5, 5.41) is 13.2. The van der Waals surface area contributed by atoms with Gasteiger partial charge in [0.25, 0.3) is 0 Å². The first kappa shape index (κ1) is 11.8. The van der Waals surface area contributed by atoms with E-state index in [0.29, 0.717) is 6.04 Å². The molecule has 1 aliphatic heterocycles. The monoisotopic (exact) mass is 237 g/mol. The van der Waals surface area contributed by atoms with Gasteiger partial charge in [0.05, 0.1) is 0 Å². The van der Waals surface area contributed by atoms with Crippen molar-refractivity contribution >= 4 is 17.4 Å². The van der Waals surface area contributed by atoms with Gasteiger partial charge in [0, 0.05) is 29.3 Å². The van der Waals surface area contributed by atoms with E-state index in [1.807, 2.05) is 11.8 Å². The van der Waals surface area contributed by atoms with E-state index in [4.69, 9.17) is 5.11 Å². The summed E-state index contributed by atoms with van der Waals surface area (Å²) < 4.78 is 0. The molecule has 0 aliphatic carbocycles. The van der Waals surface area contributed by atoms with Crippen LogP contribution in [0.1, 0.15) is 18.9 Å². The summed E-state index contributed by atoms with van der Waals surface area (Å²) in [5.74, 6) is 1.21. The molecule has 0 spiro atoms. The van der Waals surface area contributed by atoms with E-state index >= 15 is 0 Å². The third-order valence-corrected chi connectivity index (χ3v) is 4.28. The van der Waals surface area contributed by atoms with E-state index in [9.17, 15) is 0 Å². The molecule has 2 nitrogen and oxygen atoms in total. The Morgan fingerprint density at radius 3 is 2.69 bits per heavy atom. The smallest absolute Gasteiger partial charge is 0.0471 e. The predicted octanol–water partition coefficient (Wildman–Crippen LogP) is 2.53. The molecular formula is C13H19NOS. The Labute approximate surface area is 101 Å². The molecule has 0 amide bonds. The highest BCUT2D eigenvalue weighted by molar-refractivity contribution is 8.00. The molecule has 88 valence electrons. The van der Waals surface area contributed by atoms with E-state index in [2.05, 4.69) is 36.5 Å². The second kappa shape index (κ2) is 5.60. The Bertz CT molecular complexity index is 325. The molecule has 2 rings (SSSR count). The molecule has 0 aromatic heterocycles. The number of rotatable bonds is 4. The van der Waals surface area contributed by atoms with Crippen LogP contribution in [0.4, 0.5) is 5.69 Å². The standard InChI is InChI=1S/C13H19NOS/c1-10-8-13(9-16-10)14-12-4-2-11(3-5-12)6-7-15/h2-5,10,13-15H,6-9H2,1H3. The van der Waals surface area contributed by atoms with Crippen LogP contribution in [0.3, 0.4) is 0 Å². The minimum absolute atomic E-state index is 0.226. The molecule has 2 unspecified atom stereocenters. The van der Waals surface area contributed by atoms with Crippen molar-refractivity contribution < 1.29 is 5.11 Å². The summed E-state index contributed by atoms with van der Waals surface area (Å²) in [6, 6.07) is 9.01. The summed E-state index contributed by atoms with van der Waals surface area (Å²) in [7, 11) is 0. The average molecular weight is 237 g/mol. The molecule has 2 N–H and O–H groups in total. The topological polar surface area (TPSA) is 32.3 Å². The van der Waals surface area contributed by atoms with Crippen LogP contribution >= 0.6 is 11.8 Å². The van der Waals surface area contributed by atoms with Crippen molar-refractivity contribution in [3.63, 3.8) is 0 Å². The SMILES string of the molecule is CC1CC(Nc2ccc(CCO)cc2)CS1. The quantitative estimate of drug-likeness (QED) is 0.844. The molecule has 3 heteroatoms. The number of nitrogens with one attached hydrogen (secondary N) is 1. The highest BCUT2D eigenvalue weighted by Crippen LogP contribution is 2.28. The molecular weight excluding hydrogens is 218 g/mol. The van der Waals surface area contributed by atoms with Gasteiger partial charge in [-0.2, -0.15) is 11.8 Å². The van der Waals surface area contributed by atoms with Gasteiger partial charge in [-0.3, -0.25) is 0 Å². The van der Waals surface area contributed by atoms with Crippen LogP contribution in [-0.2, 0) is 6.42 Å². The van der Waals surface area contributed by atoms with Crippen LogP contribution in [-0.4, -0.2) is 28.8 Å². The zero-order valence-corrected chi connectivity index (χ0v) is 10.5. The van der Waals surface area contributed by atoms with Crippen molar-refractivity contribution in [2.24, 2.45) is 0 Å². The molecule has 1 aromatic rings. The van der Waals surface area contributed by atoms with E-state index in [-0.39, 0.29) is 6.61 Å². The number of aliphatic hydroxyl groups excluding tert-OH is 1. The summed E-state index contributed by atoms with van der Waals surface area (Å²) in [6.45, 7) is 2.51. The molecule has 0 saturated carbocycles. The van der Waals surface area contributed by atoms with Crippen molar-refractivity contribution in [3.05, 3.63) is 29.8 Å². The van der Waals surface area contributed by atoms with Crippen molar-refractivity contribution in [3.8, 4) is 0 Å². The van der Waals surface area contributed by atoms with Gasteiger partial charge in [0.1, 0.15) is 0 Å². The van der Waals surface area contributed by atoms with Gasteiger partial charge in [-0.15, -0.1) is 0 Å². The lowest BCUT2D eigenvalue weighted by atomic mass is 10.1. The number of hydrogen-bond acceptors (Lipinski definition) is 3. The van der Waals surface area contributed by atoms with Gasteiger partial charge in [-0.25, -0.2) is 0 Å². The van der Waals surface area contributed by atoms with E-state index in [1.165, 1.54) is 23.4 Å². The van der Waals surface area contributed by atoms with Crippen molar-refractivity contribution in [1.29, 1.82) is 0 Å². The maximum atomic E-state index is 8.83. The zero-order chi connectivity index (χ0) is 11.4. The van der Waals surface area contributed by atoms with E-state index < -0.39 is 0 Å². The number of hydrogen-bond donors (Lipinski definition) is 2. The van der Waals surface area contributed by atoms with Crippen LogP contribution in [0.2, 0.25) is 0 Å². The van der Waals surface area contributed by atoms with Crippen molar-refractivity contribution in [2.45, 2.75) is 31.1 Å². The third-order valence-electron chi connectivity index (χ3n) is 2.92. The van der Waals surface area contributed by atoms with Crippen molar-refractivity contribution in [2.75, 3.05) is 17.7 Å². The summed E-state index contributed by atoms with van der Waals surface area (Å²) in [4.78, 5) is 0. The maximum absolute atomic E-state index is 8.83. The molecule has 0 bridgehead atoms. The lowest BCUT2D eigenvalue weighted by Crippen LogP contribution is -2.18. The van der Waals surface area contributed by atoms with Gasteiger partial charge < -0.3 is 10.4 Å². The first-order chi connectivity index (χ1) is 7.78. The second-order valence-electron chi connectivity index (χ2n) is 4.39. The fourth-order valence-electron chi connectivity index (χ4n) is 2.05. The summed E-state index contributed by atoms with van der Waals surface area (Å²) in [5.41, 5.74) is 2.39. The Morgan fingerprint density at radius 1 is 1.38 bits per heavy atom. The fraction of sp³-hybridized carbons (Fsp3) is 0.538. The van der Waals surface area contributed by atoms with Crippen LogP contribution < -0.4 is 5.32 Å². The second-order valence-corrected chi connectivity index (χ2v) is 5.86. The molecule has 1 aromatic carbocycles. The molecule has 2 atom stereocenters. The highest BCUT2D eigenvalue weighted by atomic mass is 32.2. The lowest BCUT2D eigenvalue weighted by Gasteiger charge is -2.13. The number of benzene rings is 1. The van der Waals surface area contributed by atoms with Gasteiger partial charge >= 0.3 is 0 Å². The summed E-state index contributed by atoms with van der Waals surface area (Å²) in [6.07, 6.45) is 2.00. The molecule has 0 radical (unpaired) electrons. The number of anilines is 1. The van der Waals surface area contributed by atoms with Crippen LogP contribution in [0.15, 0.2) is 24.3 Å². The molecule has 1 saturated heterocycles. The predicted molar refractivity (Wildman–Crippen MR) is 71.2 cm³/mol. The highest BCUT2D eigenvalue weighted by Gasteiger charge is 2.21. The fourth-order valence-corrected chi connectivity index (χ4v) is 3.20. The molecule has 1 heterocycles. The van der Waals surface area contributed by atoms with Gasteiger partial charge in [-0.1, -0.05) is 19.1 Å². The first-order valence-corrected chi connectivity index (χ1v) is 6.91. The van der Waals surface area contributed by atoms with Gasteiger partial charge in [-0.05, 0) is 30.5 Å². The number of aliphatic hydroxyl groups is 1. The average Bonchev–Trinajstić information content (AvgIpc) is 2.67. The molecule has 16 heavy (non-hydrogen) atoms. The van der Waals surface area contributed by atoms with Crippen molar-refractivity contribution in [1.82, 2.24) is 0 Å². The maximum Gasteiger partial charge on any atom is 0.0471 e. The van der Waals surface area contributed by atoms with Gasteiger partial charge in [0.2, 0.25) is 0 Å². The largest absolute Gasteiger partial charge is 0.396 e. The Morgan fingerprint density at radius 2 is 2.12 bits per heavy atom. The summed E-state index contributed by atoms with van der Waals surface area (Å²) >= 11 is 2.04. The number of thioether (sulfide) groups is 1. The van der Waals surface area contributed by atoms with Crippen LogP contribution in [0, 0.1) is 0 Å². The normalized spacial score (nSPS) is 24.6. The Balaban J connectivity index is 1.89. The zero-order valence-electron chi connectivity index (χ0n) is 9.65. The first-order valence-electron chi connectivity index (χ1n) is 5.86. The molecule has 1 fully saturated rings. The van der Waals surface area contributed by atoms with Crippen LogP contribution in [0.25, 0.3) is 0 Å². The van der Waals surface area contributed by atoms with Crippen LogP contribution in [0.5, 0.6) is 0 Å². The minimum atomic E-state index is 0.226. The Kier molecular flexibility index (Phi) is 4.13. The van der Waals surface area contributed by atoms with E-state index in [0.717, 1.165) is 11.7 Å². The van der Waals surface area contributed by atoms with E-state index in [1.54, 1.807) is 0 Å². The minimum Gasteiger partial charge on any atom is -0.396 e. The molecule has 1 aliphatic rings.